The van der Waals surface area contributed by atoms with Crippen LogP contribution in [-0.2, 0) is 6.54 Å². The molecule has 1 aliphatic carbocycles. The molecule has 17 heavy (non-hydrogen) atoms. The van der Waals surface area contributed by atoms with Crippen LogP contribution in [0.1, 0.15) is 19.3 Å². The van der Waals surface area contributed by atoms with E-state index in [0.717, 1.165) is 17.0 Å². The monoisotopic (exact) mass is 231 g/mol. The van der Waals surface area contributed by atoms with Crippen molar-refractivity contribution in [2.45, 2.75) is 31.8 Å². The van der Waals surface area contributed by atoms with Gasteiger partial charge in [0.2, 0.25) is 5.95 Å². The van der Waals surface area contributed by atoms with E-state index in [1.165, 1.54) is 19.3 Å². The van der Waals surface area contributed by atoms with Crippen molar-refractivity contribution in [3.63, 3.8) is 0 Å². The quantitative estimate of drug-likeness (QED) is 0.846. The molecule has 4 heteroatoms. The standard InChI is InChI=1S/C13H17N3O/c17-9-8-16-12-7-2-1-6-11(12)15-13(16)14-10-4-3-5-10/h1-2,6-7,10,17H,3-5,8-9H2,(H,14,15). The molecule has 1 aromatic carbocycles. The Kier molecular flexibility index (Phi) is 2.73. The maximum Gasteiger partial charge on any atom is 0.204 e. The van der Waals surface area contributed by atoms with Crippen LogP contribution in [0.25, 0.3) is 11.0 Å². The first-order valence-electron chi connectivity index (χ1n) is 6.21. The Morgan fingerprint density at radius 1 is 1.35 bits per heavy atom. The van der Waals surface area contributed by atoms with Crippen LogP contribution in [0.4, 0.5) is 5.95 Å². The van der Waals surface area contributed by atoms with Gasteiger partial charge in [0.05, 0.1) is 17.6 Å². The Balaban J connectivity index is 1.98. The van der Waals surface area contributed by atoms with Crippen molar-refractivity contribution >= 4 is 17.0 Å². The summed E-state index contributed by atoms with van der Waals surface area (Å²) in [7, 11) is 0. The van der Waals surface area contributed by atoms with Crippen molar-refractivity contribution in [1.29, 1.82) is 0 Å². The van der Waals surface area contributed by atoms with Crippen molar-refractivity contribution in [2.75, 3.05) is 11.9 Å². The minimum Gasteiger partial charge on any atom is -0.395 e. The number of aromatic nitrogens is 2. The molecule has 1 fully saturated rings. The zero-order valence-corrected chi connectivity index (χ0v) is 9.76. The molecule has 2 N–H and O–H groups in total. The highest BCUT2D eigenvalue weighted by Crippen LogP contribution is 2.25. The Morgan fingerprint density at radius 2 is 2.18 bits per heavy atom. The largest absolute Gasteiger partial charge is 0.395 e. The zero-order chi connectivity index (χ0) is 11.7. The molecule has 2 aromatic rings. The number of imidazole rings is 1. The zero-order valence-electron chi connectivity index (χ0n) is 9.76. The highest BCUT2D eigenvalue weighted by atomic mass is 16.3. The van der Waals surface area contributed by atoms with Gasteiger partial charge >= 0.3 is 0 Å². The van der Waals surface area contributed by atoms with Gasteiger partial charge in [-0.3, -0.25) is 0 Å². The molecular formula is C13H17N3O. The fraction of sp³-hybridized carbons (Fsp3) is 0.462. The average molecular weight is 231 g/mol. The molecule has 1 aromatic heterocycles. The third kappa shape index (κ3) is 1.89. The molecule has 0 spiro atoms. The van der Waals surface area contributed by atoms with Crippen molar-refractivity contribution < 1.29 is 5.11 Å². The number of para-hydroxylation sites is 2. The van der Waals surface area contributed by atoms with Crippen LogP contribution in [0, 0.1) is 0 Å². The molecule has 4 nitrogen and oxygen atoms in total. The summed E-state index contributed by atoms with van der Waals surface area (Å²) < 4.78 is 2.06. The van der Waals surface area contributed by atoms with Crippen LogP contribution in [-0.4, -0.2) is 27.3 Å². The van der Waals surface area contributed by atoms with Gasteiger partial charge < -0.3 is 15.0 Å². The first kappa shape index (κ1) is 10.6. The minimum absolute atomic E-state index is 0.139. The number of nitrogens with zero attached hydrogens (tertiary/aromatic N) is 2. The van der Waals surface area contributed by atoms with Gasteiger partial charge in [0, 0.05) is 12.6 Å². The number of anilines is 1. The lowest BCUT2D eigenvalue weighted by atomic mass is 9.93. The Hall–Kier alpha value is -1.55. The van der Waals surface area contributed by atoms with Gasteiger partial charge in [0.15, 0.2) is 0 Å². The van der Waals surface area contributed by atoms with Crippen LogP contribution < -0.4 is 5.32 Å². The molecule has 0 bridgehead atoms. The van der Waals surface area contributed by atoms with E-state index in [1.807, 2.05) is 24.3 Å². The third-order valence-electron chi connectivity index (χ3n) is 3.42. The maximum absolute atomic E-state index is 9.15. The number of fused-ring (bicyclic) bond motifs is 1. The summed E-state index contributed by atoms with van der Waals surface area (Å²) >= 11 is 0. The number of hydrogen-bond donors (Lipinski definition) is 2. The van der Waals surface area contributed by atoms with Crippen LogP contribution in [0.2, 0.25) is 0 Å². The molecule has 90 valence electrons. The summed E-state index contributed by atoms with van der Waals surface area (Å²) in [6, 6.07) is 8.61. The average Bonchev–Trinajstić information content (AvgIpc) is 2.63. The molecule has 0 unspecified atom stereocenters. The number of rotatable bonds is 4. The normalized spacial score (nSPS) is 16.1. The predicted octanol–water partition coefficient (Wildman–Crippen LogP) is 1.99. The third-order valence-corrected chi connectivity index (χ3v) is 3.42. The van der Waals surface area contributed by atoms with E-state index in [2.05, 4.69) is 14.9 Å². The molecule has 1 aliphatic rings. The molecule has 0 atom stereocenters. The molecule has 1 heterocycles. The summed E-state index contributed by atoms with van der Waals surface area (Å²) in [6.45, 7) is 0.731. The molecule has 1 saturated carbocycles. The van der Waals surface area contributed by atoms with Gasteiger partial charge in [-0.15, -0.1) is 0 Å². The summed E-state index contributed by atoms with van der Waals surface area (Å²) in [5.74, 6) is 0.893. The smallest absolute Gasteiger partial charge is 0.204 e. The lowest BCUT2D eigenvalue weighted by Gasteiger charge is -2.27. The Morgan fingerprint density at radius 3 is 2.88 bits per heavy atom. The topological polar surface area (TPSA) is 50.1 Å². The number of benzene rings is 1. The van der Waals surface area contributed by atoms with E-state index in [9.17, 15) is 0 Å². The molecule has 0 aliphatic heterocycles. The molecule has 0 amide bonds. The van der Waals surface area contributed by atoms with Crippen LogP contribution in [0.15, 0.2) is 24.3 Å². The minimum atomic E-state index is 0.139. The number of nitrogens with one attached hydrogen (secondary N) is 1. The van der Waals surface area contributed by atoms with E-state index in [0.29, 0.717) is 12.6 Å². The molecule has 0 radical (unpaired) electrons. The molecule has 3 rings (SSSR count). The first-order chi connectivity index (χ1) is 8.38. The highest BCUT2D eigenvalue weighted by Gasteiger charge is 2.20. The second-order valence-corrected chi connectivity index (χ2v) is 4.57. The Labute approximate surface area is 100 Å². The summed E-state index contributed by atoms with van der Waals surface area (Å²) in [5.41, 5.74) is 2.08. The van der Waals surface area contributed by atoms with E-state index in [1.54, 1.807) is 0 Å². The van der Waals surface area contributed by atoms with Crippen molar-refractivity contribution in [2.24, 2.45) is 0 Å². The van der Waals surface area contributed by atoms with Gasteiger partial charge in [0.25, 0.3) is 0 Å². The van der Waals surface area contributed by atoms with Crippen molar-refractivity contribution in [1.82, 2.24) is 9.55 Å². The van der Waals surface area contributed by atoms with Crippen molar-refractivity contribution in [3.8, 4) is 0 Å². The second kappa shape index (κ2) is 4.37. The summed E-state index contributed by atoms with van der Waals surface area (Å²) in [5, 5.41) is 12.6. The molecular weight excluding hydrogens is 214 g/mol. The molecule has 0 saturated heterocycles. The number of hydrogen-bond acceptors (Lipinski definition) is 3. The lowest BCUT2D eigenvalue weighted by molar-refractivity contribution is 0.278. The van der Waals surface area contributed by atoms with E-state index in [4.69, 9.17) is 5.11 Å². The predicted molar refractivity (Wildman–Crippen MR) is 68.1 cm³/mol. The fourth-order valence-electron chi connectivity index (χ4n) is 2.25. The van der Waals surface area contributed by atoms with E-state index in [-0.39, 0.29) is 6.61 Å². The number of aliphatic hydroxyl groups excluding tert-OH is 1. The van der Waals surface area contributed by atoms with Gasteiger partial charge in [-0.05, 0) is 31.4 Å². The Bertz CT molecular complexity index is 516. The van der Waals surface area contributed by atoms with Gasteiger partial charge in [-0.25, -0.2) is 4.98 Å². The van der Waals surface area contributed by atoms with Crippen molar-refractivity contribution in [3.05, 3.63) is 24.3 Å². The first-order valence-corrected chi connectivity index (χ1v) is 6.21. The van der Waals surface area contributed by atoms with Gasteiger partial charge in [0.1, 0.15) is 0 Å². The summed E-state index contributed by atoms with van der Waals surface area (Å²) in [4.78, 5) is 4.59. The lowest BCUT2D eigenvalue weighted by Crippen LogP contribution is -2.28. The fourth-order valence-corrected chi connectivity index (χ4v) is 2.25. The second-order valence-electron chi connectivity index (χ2n) is 4.57. The highest BCUT2D eigenvalue weighted by molar-refractivity contribution is 5.78. The van der Waals surface area contributed by atoms with Gasteiger partial charge in [-0.2, -0.15) is 0 Å². The van der Waals surface area contributed by atoms with E-state index >= 15 is 0 Å². The SMILES string of the molecule is OCCn1c(NC2CCC2)nc2ccccc21. The number of aliphatic hydroxyl groups is 1. The van der Waals surface area contributed by atoms with Crippen LogP contribution in [0.5, 0.6) is 0 Å². The van der Waals surface area contributed by atoms with Gasteiger partial charge in [-0.1, -0.05) is 12.1 Å². The summed E-state index contributed by atoms with van der Waals surface area (Å²) in [6.07, 6.45) is 3.75. The van der Waals surface area contributed by atoms with Crippen LogP contribution >= 0.6 is 0 Å². The van der Waals surface area contributed by atoms with E-state index < -0.39 is 0 Å². The van der Waals surface area contributed by atoms with Crippen LogP contribution in [0.3, 0.4) is 0 Å². The maximum atomic E-state index is 9.15.